The third kappa shape index (κ3) is 2.95. The lowest BCUT2D eigenvalue weighted by Crippen LogP contribution is -2.40. The van der Waals surface area contributed by atoms with Gasteiger partial charge in [0.1, 0.15) is 0 Å². The molecule has 0 saturated carbocycles. The van der Waals surface area contributed by atoms with Crippen molar-refractivity contribution < 1.29 is 8.42 Å². The second-order valence-electron chi connectivity index (χ2n) is 4.47. The van der Waals surface area contributed by atoms with Gasteiger partial charge < -0.3 is 0 Å². The lowest BCUT2D eigenvalue weighted by Gasteiger charge is -2.26. The number of hydrogen-bond donors (Lipinski definition) is 0. The molecule has 7 heteroatoms. The van der Waals surface area contributed by atoms with Crippen LogP contribution in [0.5, 0.6) is 0 Å². The van der Waals surface area contributed by atoms with Gasteiger partial charge in [-0.25, -0.2) is 13.4 Å². The Labute approximate surface area is 121 Å². The Morgan fingerprint density at radius 2 is 2.28 bits per heavy atom. The van der Waals surface area contributed by atoms with E-state index in [-0.39, 0.29) is 6.04 Å². The summed E-state index contributed by atoms with van der Waals surface area (Å²) < 4.78 is 27.2. The molecule has 0 aromatic carbocycles. The molecular weight excluding hydrogens is 336 g/mol. The summed E-state index contributed by atoms with van der Waals surface area (Å²) in [5.74, 6) is 0. The number of sulfonamides is 1. The van der Waals surface area contributed by atoms with Gasteiger partial charge in [0.15, 0.2) is 4.21 Å². The van der Waals surface area contributed by atoms with E-state index < -0.39 is 10.0 Å². The van der Waals surface area contributed by atoms with E-state index in [0.29, 0.717) is 16.1 Å². The summed E-state index contributed by atoms with van der Waals surface area (Å²) in [5.41, 5.74) is 0. The molecule has 0 radical (unpaired) electrons. The van der Waals surface area contributed by atoms with Gasteiger partial charge in [-0.15, -0.1) is 11.3 Å². The Kier molecular flexibility index (Phi) is 4.80. The number of alkyl halides is 1. The van der Waals surface area contributed by atoms with Crippen LogP contribution in [0.4, 0.5) is 0 Å². The van der Waals surface area contributed by atoms with Crippen LogP contribution in [0.3, 0.4) is 0 Å². The molecule has 4 nitrogen and oxygen atoms in total. The Balaban J connectivity index is 2.32. The molecule has 2 rings (SSSR count). The largest absolute Gasteiger partial charge is 0.254 e. The fraction of sp³-hybridized carbons (Fsp3) is 0.727. The third-order valence-electron chi connectivity index (χ3n) is 3.16. The third-order valence-corrected chi connectivity index (χ3v) is 7.21. The molecule has 1 aliphatic heterocycles. The summed E-state index contributed by atoms with van der Waals surface area (Å²) in [6, 6.07) is 0.0694. The molecule has 102 valence electrons. The fourth-order valence-electron chi connectivity index (χ4n) is 2.20. The van der Waals surface area contributed by atoms with E-state index in [4.69, 9.17) is 0 Å². The van der Waals surface area contributed by atoms with Crippen molar-refractivity contribution in [2.75, 3.05) is 11.9 Å². The fourth-order valence-corrected chi connectivity index (χ4v) is 5.99. The molecule has 1 aliphatic rings. The van der Waals surface area contributed by atoms with Crippen LogP contribution < -0.4 is 0 Å². The van der Waals surface area contributed by atoms with Gasteiger partial charge in [0.25, 0.3) is 10.0 Å². The average molecular weight is 353 g/mol. The highest BCUT2D eigenvalue weighted by Crippen LogP contribution is 2.28. The number of aryl methyl sites for hydroxylation is 1. The lowest BCUT2D eigenvalue weighted by atomic mass is 10.1. The predicted molar refractivity (Wildman–Crippen MR) is 76.8 cm³/mol. The van der Waals surface area contributed by atoms with Crippen molar-refractivity contribution >= 4 is 37.3 Å². The van der Waals surface area contributed by atoms with Crippen LogP contribution >= 0.6 is 27.3 Å². The summed E-state index contributed by atoms with van der Waals surface area (Å²) in [6.07, 6.45) is 5.57. The number of thiazole rings is 1. The van der Waals surface area contributed by atoms with Gasteiger partial charge in [0.2, 0.25) is 0 Å². The van der Waals surface area contributed by atoms with Crippen LogP contribution in [-0.4, -0.2) is 35.6 Å². The lowest BCUT2D eigenvalue weighted by molar-refractivity contribution is 0.348. The summed E-state index contributed by atoms with van der Waals surface area (Å²) in [4.78, 5) is 4.05. The van der Waals surface area contributed by atoms with E-state index in [1.54, 1.807) is 4.31 Å². The highest BCUT2D eigenvalue weighted by Gasteiger charge is 2.32. The van der Waals surface area contributed by atoms with Crippen molar-refractivity contribution in [3.8, 4) is 0 Å². The van der Waals surface area contributed by atoms with E-state index in [1.807, 2.05) is 6.92 Å². The maximum Gasteiger partial charge on any atom is 0.254 e. The van der Waals surface area contributed by atoms with E-state index in [9.17, 15) is 8.42 Å². The van der Waals surface area contributed by atoms with E-state index in [1.165, 1.54) is 17.5 Å². The zero-order chi connectivity index (χ0) is 13.2. The monoisotopic (exact) mass is 352 g/mol. The van der Waals surface area contributed by atoms with Crippen molar-refractivity contribution in [2.45, 2.75) is 42.9 Å². The molecule has 1 atom stereocenters. The van der Waals surface area contributed by atoms with Gasteiger partial charge >= 0.3 is 0 Å². The van der Waals surface area contributed by atoms with Gasteiger partial charge in [0.05, 0.1) is 11.2 Å². The first kappa shape index (κ1) is 14.4. The van der Waals surface area contributed by atoms with Crippen LogP contribution in [0.15, 0.2) is 10.4 Å². The van der Waals surface area contributed by atoms with Crippen LogP contribution in [0.25, 0.3) is 0 Å². The molecule has 1 aromatic heterocycles. The first-order valence-corrected chi connectivity index (χ1v) is 9.43. The topological polar surface area (TPSA) is 50.3 Å². The van der Waals surface area contributed by atoms with Crippen LogP contribution in [0, 0.1) is 6.92 Å². The molecule has 18 heavy (non-hydrogen) atoms. The first-order chi connectivity index (χ1) is 8.55. The number of halogens is 1. The van der Waals surface area contributed by atoms with Crippen LogP contribution in [0.2, 0.25) is 0 Å². The van der Waals surface area contributed by atoms with Crippen molar-refractivity contribution in [3.63, 3.8) is 0 Å². The average Bonchev–Trinajstić information content (AvgIpc) is 2.65. The van der Waals surface area contributed by atoms with Crippen LogP contribution in [-0.2, 0) is 10.0 Å². The van der Waals surface area contributed by atoms with Crippen molar-refractivity contribution in [3.05, 3.63) is 11.2 Å². The van der Waals surface area contributed by atoms with Gasteiger partial charge in [-0.1, -0.05) is 28.8 Å². The Bertz CT molecular complexity index is 501. The summed E-state index contributed by atoms with van der Waals surface area (Å²) in [7, 11) is -3.37. The zero-order valence-electron chi connectivity index (χ0n) is 10.3. The second-order valence-corrected chi connectivity index (χ2v) is 8.47. The first-order valence-electron chi connectivity index (χ1n) is 6.06. The number of rotatable bonds is 3. The van der Waals surface area contributed by atoms with Gasteiger partial charge in [-0.3, -0.25) is 0 Å². The van der Waals surface area contributed by atoms with Crippen molar-refractivity contribution in [2.24, 2.45) is 0 Å². The molecule has 0 bridgehead atoms. The molecule has 1 unspecified atom stereocenters. The number of aromatic nitrogens is 1. The molecule has 0 N–H and O–H groups in total. The van der Waals surface area contributed by atoms with E-state index >= 15 is 0 Å². The van der Waals surface area contributed by atoms with Gasteiger partial charge in [0, 0.05) is 17.9 Å². The quantitative estimate of drug-likeness (QED) is 0.785. The minimum Gasteiger partial charge on any atom is -0.249 e. The van der Waals surface area contributed by atoms with Crippen molar-refractivity contribution in [1.82, 2.24) is 9.29 Å². The normalized spacial score (nSPS) is 22.9. The maximum absolute atomic E-state index is 12.6. The molecular formula is C11H17BrN2O2S2. The Morgan fingerprint density at radius 1 is 1.50 bits per heavy atom. The minimum atomic E-state index is -3.37. The molecule has 1 aromatic rings. The smallest absolute Gasteiger partial charge is 0.249 e. The summed E-state index contributed by atoms with van der Waals surface area (Å²) in [5, 5.41) is 1.49. The Hall–Kier alpha value is 0.0200. The molecule has 2 heterocycles. The Morgan fingerprint density at radius 3 is 2.89 bits per heavy atom. The van der Waals surface area contributed by atoms with Gasteiger partial charge in [-0.05, 0) is 19.8 Å². The number of hydrogen-bond acceptors (Lipinski definition) is 4. The molecule has 1 saturated heterocycles. The van der Waals surface area contributed by atoms with E-state index in [0.717, 1.165) is 30.7 Å². The van der Waals surface area contributed by atoms with Crippen molar-refractivity contribution in [1.29, 1.82) is 0 Å². The standard InChI is InChI=1S/C11H17BrN2O2S2/c1-9-13-8-11(17-9)18(15,16)14-6-4-2-3-5-10(14)7-12/h8,10H,2-7H2,1H3. The molecule has 0 amide bonds. The highest BCUT2D eigenvalue weighted by atomic mass is 79.9. The number of nitrogens with zero attached hydrogens (tertiary/aromatic N) is 2. The predicted octanol–water partition coefficient (Wildman–Crippen LogP) is 2.78. The second kappa shape index (κ2) is 5.98. The minimum absolute atomic E-state index is 0.0694. The molecule has 1 fully saturated rings. The summed E-state index contributed by atoms with van der Waals surface area (Å²) in [6.45, 7) is 2.45. The molecule has 0 aliphatic carbocycles. The highest BCUT2D eigenvalue weighted by molar-refractivity contribution is 9.09. The van der Waals surface area contributed by atoms with E-state index in [2.05, 4.69) is 20.9 Å². The van der Waals surface area contributed by atoms with Gasteiger partial charge in [-0.2, -0.15) is 4.31 Å². The maximum atomic E-state index is 12.6. The van der Waals surface area contributed by atoms with Crippen LogP contribution in [0.1, 0.15) is 30.7 Å². The molecule has 0 spiro atoms. The SMILES string of the molecule is Cc1ncc(S(=O)(=O)N2CCCCCC2CBr)s1. The zero-order valence-corrected chi connectivity index (χ0v) is 13.5. The summed E-state index contributed by atoms with van der Waals surface area (Å²) >= 11 is 4.69.